The molecule has 0 aliphatic rings. The van der Waals surface area contributed by atoms with Gasteiger partial charge in [-0.2, -0.15) is 0 Å². The highest BCUT2D eigenvalue weighted by molar-refractivity contribution is 7.80. The lowest BCUT2D eigenvalue weighted by Gasteiger charge is -2.12. The molecule has 0 unspecified atom stereocenters. The predicted octanol–water partition coefficient (Wildman–Crippen LogP) is 4.45. The Morgan fingerprint density at radius 2 is 1.63 bits per heavy atom. The number of hydrogen-bond acceptors (Lipinski definition) is 5. The number of carbonyl (C=O) groups is 2. The average Bonchev–Trinajstić information content (AvgIpc) is 3.24. The maximum absolute atomic E-state index is 12.4. The Kier molecular flexibility index (Phi) is 6.82. The number of ether oxygens (including phenoxy) is 1. The number of benzene rings is 2. The minimum Gasteiger partial charge on any atom is -0.491 e. The molecule has 8 heteroatoms. The zero-order valence-electron chi connectivity index (χ0n) is 16.5. The molecule has 1 aromatic heterocycles. The molecule has 0 bridgehead atoms. The van der Waals surface area contributed by atoms with Crippen LogP contribution in [0.1, 0.15) is 34.8 Å². The molecule has 0 spiro atoms. The Morgan fingerprint density at radius 1 is 0.933 bits per heavy atom. The van der Waals surface area contributed by atoms with Crippen molar-refractivity contribution in [3.8, 4) is 5.75 Å². The number of amides is 2. The number of anilines is 2. The first-order valence-electron chi connectivity index (χ1n) is 9.24. The van der Waals surface area contributed by atoms with E-state index in [1.54, 1.807) is 60.7 Å². The van der Waals surface area contributed by atoms with Crippen LogP contribution in [0, 0.1) is 0 Å². The number of nitrogens with one attached hydrogen (secondary N) is 3. The molecule has 2 aromatic carbocycles. The van der Waals surface area contributed by atoms with E-state index in [-0.39, 0.29) is 28.8 Å². The zero-order chi connectivity index (χ0) is 21.5. The molecule has 0 aliphatic carbocycles. The van der Waals surface area contributed by atoms with Gasteiger partial charge < -0.3 is 19.8 Å². The molecule has 3 rings (SSSR count). The molecule has 0 radical (unpaired) electrons. The summed E-state index contributed by atoms with van der Waals surface area (Å²) in [5, 5.41) is 8.45. The first-order valence-corrected chi connectivity index (χ1v) is 9.65. The zero-order valence-corrected chi connectivity index (χ0v) is 17.3. The molecule has 3 aromatic rings. The molecule has 1 heterocycles. The summed E-state index contributed by atoms with van der Waals surface area (Å²) in [6.07, 6.45) is 1.45. The third kappa shape index (κ3) is 5.92. The van der Waals surface area contributed by atoms with Crippen molar-refractivity contribution in [2.24, 2.45) is 0 Å². The van der Waals surface area contributed by atoms with Crippen LogP contribution in [0.5, 0.6) is 5.75 Å². The molecular weight excluding hydrogens is 402 g/mol. The van der Waals surface area contributed by atoms with E-state index in [0.29, 0.717) is 22.7 Å². The van der Waals surface area contributed by atoms with E-state index in [2.05, 4.69) is 16.0 Å². The van der Waals surface area contributed by atoms with Crippen molar-refractivity contribution >= 4 is 40.5 Å². The van der Waals surface area contributed by atoms with Crippen molar-refractivity contribution < 1.29 is 18.7 Å². The Balaban J connectivity index is 1.54. The highest BCUT2D eigenvalue weighted by atomic mass is 32.1. The van der Waals surface area contributed by atoms with Crippen molar-refractivity contribution in [2.45, 2.75) is 20.0 Å². The van der Waals surface area contributed by atoms with E-state index in [9.17, 15) is 9.59 Å². The van der Waals surface area contributed by atoms with Crippen LogP contribution in [0.3, 0.4) is 0 Å². The van der Waals surface area contributed by atoms with Gasteiger partial charge in [-0.05, 0) is 80.7 Å². The van der Waals surface area contributed by atoms with Crippen molar-refractivity contribution in [3.05, 3.63) is 78.3 Å². The lowest BCUT2D eigenvalue weighted by molar-refractivity contribution is 0.0974. The minimum absolute atomic E-state index is 0.0119. The highest BCUT2D eigenvalue weighted by Crippen LogP contribution is 2.16. The predicted molar refractivity (Wildman–Crippen MR) is 119 cm³/mol. The summed E-state index contributed by atoms with van der Waals surface area (Å²) in [5.74, 6) is 0.156. The summed E-state index contributed by atoms with van der Waals surface area (Å²) in [4.78, 5) is 24.4. The fourth-order valence-electron chi connectivity index (χ4n) is 2.56. The second kappa shape index (κ2) is 9.71. The van der Waals surface area contributed by atoms with Gasteiger partial charge in [0.25, 0.3) is 11.8 Å². The number of rotatable bonds is 6. The molecule has 3 N–H and O–H groups in total. The smallest absolute Gasteiger partial charge is 0.291 e. The van der Waals surface area contributed by atoms with Gasteiger partial charge in [0, 0.05) is 16.9 Å². The van der Waals surface area contributed by atoms with Gasteiger partial charge >= 0.3 is 0 Å². The van der Waals surface area contributed by atoms with Crippen LogP contribution in [0.4, 0.5) is 11.4 Å². The van der Waals surface area contributed by atoms with Gasteiger partial charge in [-0.25, -0.2) is 0 Å². The minimum atomic E-state index is -0.343. The van der Waals surface area contributed by atoms with Crippen molar-refractivity contribution in [2.75, 3.05) is 10.6 Å². The Labute approximate surface area is 179 Å². The van der Waals surface area contributed by atoms with Crippen LogP contribution in [-0.4, -0.2) is 23.0 Å². The molecule has 0 saturated heterocycles. The molecule has 0 saturated carbocycles. The number of hydrogen-bond donors (Lipinski definition) is 3. The van der Waals surface area contributed by atoms with E-state index in [1.807, 2.05) is 13.8 Å². The van der Waals surface area contributed by atoms with E-state index >= 15 is 0 Å². The van der Waals surface area contributed by atoms with E-state index in [4.69, 9.17) is 21.4 Å². The first kappa shape index (κ1) is 21.1. The first-order chi connectivity index (χ1) is 14.4. The van der Waals surface area contributed by atoms with Crippen molar-refractivity contribution in [1.82, 2.24) is 5.32 Å². The van der Waals surface area contributed by atoms with E-state index < -0.39 is 0 Å². The van der Waals surface area contributed by atoms with Gasteiger partial charge in [-0.3, -0.25) is 14.9 Å². The van der Waals surface area contributed by atoms with Crippen LogP contribution in [0.25, 0.3) is 0 Å². The van der Waals surface area contributed by atoms with Crippen LogP contribution in [0.2, 0.25) is 0 Å². The summed E-state index contributed by atoms with van der Waals surface area (Å²) in [6, 6.07) is 17.0. The second-order valence-corrected chi connectivity index (χ2v) is 7.02. The van der Waals surface area contributed by atoms with Crippen LogP contribution in [0.15, 0.2) is 71.3 Å². The van der Waals surface area contributed by atoms with E-state index in [1.165, 1.54) is 6.26 Å². The normalized spacial score (nSPS) is 10.4. The fraction of sp³-hybridized carbons (Fsp3) is 0.136. The lowest BCUT2D eigenvalue weighted by atomic mass is 10.2. The summed E-state index contributed by atoms with van der Waals surface area (Å²) in [5.41, 5.74) is 1.69. The molecule has 2 amide bonds. The highest BCUT2D eigenvalue weighted by Gasteiger charge is 2.11. The van der Waals surface area contributed by atoms with Crippen molar-refractivity contribution in [3.63, 3.8) is 0 Å². The Morgan fingerprint density at radius 3 is 2.27 bits per heavy atom. The topological polar surface area (TPSA) is 92.6 Å². The standard InChI is InChI=1S/C22H21N3O4S/c1-14(2)29-18-6-3-5-15(13-18)20(26)25-22(30)24-17-10-8-16(9-11-17)23-21(27)19-7-4-12-28-19/h3-14H,1-2H3,(H,23,27)(H2,24,25,26,30). The van der Waals surface area contributed by atoms with Gasteiger partial charge in [-0.1, -0.05) is 6.07 Å². The van der Waals surface area contributed by atoms with Gasteiger partial charge in [0.15, 0.2) is 10.9 Å². The number of carbonyl (C=O) groups excluding carboxylic acids is 2. The summed E-state index contributed by atoms with van der Waals surface area (Å²) in [7, 11) is 0. The summed E-state index contributed by atoms with van der Waals surface area (Å²) >= 11 is 5.22. The Bertz CT molecular complexity index is 1030. The molecule has 30 heavy (non-hydrogen) atoms. The Hall–Kier alpha value is -3.65. The summed E-state index contributed by atoms with van der Waals surface area (Å²) < 4.78 is 10.7. The largest absolute Gasteiger partial charge is 0.491 e. The van der Waals surface area contributed by atoms with E-state index in [0.717, 1.165) is 0 Å². The molecule has 0 aliphatic heterocycles. The van der Waals surface area contributed by atoms with Gasteiger partial charge in [0.1, 0.15) is 5.75 Å². The van der Waals surface area contributed by atoms with Crippen LogP contribution in [-0.2, 0) is 0 Å². The fourth-order valence-corrected chi connectivity index (χ4v) is 2.77. The quantitative estimate of drug-likeness (QED) is 0.508. The number of thiocarbonyl (C=S) groups is 1. The molecular formula is C22H21N3O4S. The SMILES string of the molecule is CC(C)Oc1cccc(C(=O)NC(=S)Nc2ccc(NC(=O)c3ccco3)cc2)c1. The van der Waals surface area contributed by atoms with Crippen LogP contribution < -0.4 is 20.7 Å². The lowest BCUT2D eigenvalue weighted by Crippen LogP contribution is -2.34. The van der Waals surface area contributed by atoms with Crippen molar-refractivity contribution in [1.29, 1.82) is 0 Å². The van der Waals surface area contributed by atoms with Gasteiger partial charge in [0.05, 0.1) is 12.4 Å². The number of furan rings is 1. The third-order valence-electron chi connectivity index (χ3n) is 3.84. The monoisotopic (exact) mass is 423 g/mol. The van der Waals surface area contributed by atoms with Gasteiger partial charge in [0.2, 0.25) is 0 Å². The maximum atomic E-state index is 12.4. The third-order valence-corrected chi connectivity index (χ3v) is 4.04. The average molecular weight is 423 g/mol. The molecule has 0 atom stereocenters. The molecule has 0 fully saturated rings. The van der Waals surface area contributed by atoms with Crippen LogP contribution >= 0.6 is 12.2 Å². The van der Waals surface area contributed by atoms with Gasteiger partial charge in [-0.15, -0.1) is 0 Å². The molecule has 154 valence electrons. The maximum Gasteiger partial charge on any atom is 0.291 e. The second-order valence-electron chi connectivity index (χ2n) is 6.61. The molecule has 7 nitrogen and oxygen atoms in total. The summed E-state index contributed by atoms with van der Waals surface area (Å²) in [6.45, 7) is 3.83.